The van der Waals surface area contributed by atoms with Crippen molar-refractivity contribution in [3.8, 4) is 11.3 Å². The first-order valence-electron chi connectivity index (χ1n) is 15.8. The summed E-state index contributed by atoms with van der Waals surface area (Å²) in [5.74, 6) is -1.08. The molecule has 1 saturated heterocycles. The van der Waals surface area contributed by atoms with Crippen LogP contribution < -0.4 is 5.32 Å². The maximum Gasteiger partial charge on any atom is 0.410 e. The molecule has 4 aromatic rings. The predicted molar refractivity (Wildman–Crippen MR) is 179 cm³/mol. The molecule has 1 N–H and O–H groups in total. The normalized spacial score (nSPS) is 15.7. The molecule has 7 nitrogen and oxygen atoms in total. The molecule has 2 heterocycles. The van der Waals surface area contributed by atoms with Crippen LogP contribution >= 0.6 is 0 Å². The van der Waals surface area contributed by atoms with Gasteiger partial charge in [-0.2, -0.15) is 0 Å². The number of nitrogens with zero attached hydrogens (tertiary/aromatic N) is 3. The van der Waals surface area contributed by atoms with E-state index in [9.17, 15) is 18.4 Å². The Morgan fingerprint density at radius 1 is 1.04 bits per heavy atom. The third-order valence-electron chi connectivity index (χ3n) is 8.50. The second kappa shape index (κ2) is 13.5. The van der Waals surface area contributed by atoms with Gasteiger partial charge in [-0.05, 0) is 62.6 Å². The van der Waals surface area contributed by atoms with E-state index in [1.165, 1.54) is 0 Å². The fourth-order valence-corrected chi connectivity index (χ4v) is 5.87. The van der Waals surface area contributed by atoms with E-state index in [2.05, 4.69) is 11.9 Å². The van der Waals surface area contributed by atoms with Crippen molar-refractivity contribution in [3.05, 3.63) is 126 Å². The summed E-state index contributed by atoms with van der Waals surface area (Å²) in [6, 6.07) is 19.7. The van der Waals surface area contributed by atoms with E-state index >= 15 is 0 Å². The Bertz CT molecular complexity index is 1760. The number of imidazole rings is 1. The van der Waals surface area contributed by atoms with Crippen LogP contribution in [0.4, 0.5) is 13.6 Å². The van der Waals surface area contributed by atoms with E-state index in [0.717, 1.165) is 29.3 Å². The number of hydrogen-bond donors (Lipinski definition) is 1. The van der Waals surface area contributed by atoms with Crippen molar-refractivity contribution < 1.29 is 23.1 Å². The van der Waals surface area contributed by atoms with Crippen LogP contribution in [0.5, 0.6) is 0 Å². The Morgan fingerprint density at radius 3 is 2.45 bits per heavy atom. The molecule has 2 amide bonds. The molecule has 9 heteroatoms. The van der Waals surface area contributed by atoms with Crippen LogP contribution in [0.25, 0.3) is 11.3 Å². The van der Waals surface area contributed by atoms with Crippen molar-refractivity contribution in [2.75, 3.05) is 13.1 Å². The first-order valence-corrected chi connectivity index (χ1v) is 15.8. The van der Waals surface area contributed by atoms with Crippen molar-refractivity contribution in [2.24, 2.45) is 5.41 Å². The van der Waals surface area contributed by atoms with Crippen LogP contribution in [0, 0.1) is 17.0 Å². The van der Waals surface area contributed by atoms with Crippen LogP contribution in [-0.2, 0) is 11.3 Å². The van der Waals surface area contributed by atoms with Gasteiger partial charge in [-0.3, -0.25) is 4.79 Å². The molecule has 0 bridgehead atoms. The summed E-state index contributed by atoms with van der Waals surface area (Å²) in [6.45, 7) is 14.8. The van der Waals surface area contributed by atoms with Gasteiger partial charge in [0.25, 0.3) is 5.91 Å². The maximum absolute atomic E-state index is 15.0. The highest BCUT2D eigenvalue weighted by atomic mass is 19.1. The summed E-state index contributed by atoms with van der Waals surface area (Å²) < 4.78 is 36.7. The van der Waals surface area contributed by atoms with Gasteiger partial charge in [0.15, 0.2) is 0 Å². The number of ether oxygens (including phenoxy) is 1. The lowest BCUT2D eigenvalue weighted by atomic mass is 9.83. The molecule has 0 aliphatic carbocycles. The molecule has 1 unspecified atom stereocenters. The Labute approximate surface area is 275 Å². The third kappa shape index (κ3) is 7.79. The van der Waals surface area contributed by atoms with Gasteiger partial charge in [0.1, 0.15) is 23.1 Å². The van der Waals surface area contributed by atoms with Gasteiger partial charge in [-0.1, -0.05) is 68.5 Å². The highest BCUT2D eigenvalue weighted by molar-refractivity contribution is 5.96. The van der Waals surface area contributed by atoms with Gasteiger partial charge in [0.2, 0.25) is 0 Å². The van der Waals surface area contributed by atoms with Crippen LogP contribution in [0.1, 0.15) is 80.3 Å². The lowest BCUT2D eigenvalue weighted by Gasteiger charge is -2.32. The smallest absolute Gasteiger partial charge is 0.410 e. The van der Waals surface area contributed by atoms with E-state index in [-0.39, 0.29) is 29.2 Å². The van der Waals surface area contributed by atoms with Gasteiger partial charge in [0, 0.05) is 48.3 Å². The van der Waals surface area contributed by atoms with Crippen molar-refractivity contribution in [3.63, 3.8) is 0 Å². The zero-order valence-corrected chi connectivity index (χ0v) is 27.6. The lowest BCUT2D eigenvalue weighted by molar-refractivity contribution is 0.0292. The van der Waals surface area contributed by atoms with Gasteiger partial charge in [-0.15, -0.1) is 6.58 Å². The number of likely N-dealkylation sites (tertiary alicyclic amines) is 1. The number of amides is 2. The van der Waals surface area contributed by atoms with Crippen LogP contribution in [0.3, 0.4) is 0 Å². The average molecular weight is 641 g/mol. The van der Waals surface area contributed by atoms with Crippen molar-refractivity contribution in [2.45, 2.75) is 65.1 Å². The Hall–Kier alpha value is -4.79. The van der Waals surface area contributed by atoms with Crippen LogP contribution in [0.15, 0.2) is 91.6 Å². The van der Waals surface area contributed by atoms with Gasteiger partial charge in [-0.25, -0.2) is 18.6 Å². The summed E-state index contributed by atoms with van der Waals surface area (Å²) in [5, 5.41) is 3.22. The number of hydrogen-bond acceptors (Lipinski definition) is 4. The Morgan fingerprint density at radius 2 is 1.74 bits per heavy atom. The number of carbonyl (C=O) groups excluding carboxylic acids is 2. The summed E-state index contributed by atoms with van der Waals surface area (Å²) in [7, 11) is 0. The fourth-order valence-electron chi connectivity index (χ4n) is 5.87. The zero-order chi connectivity index (χ0) is 33.9. The van der Waals surface area contributed by atoms with Crippen molar-refractivity contribution >= 4 is 12.0 Å². The van der Waals surface area contributed by atoms with Crippen LogP contribution in [0.2, 0.25) is 0 Å². The van der Waals surface area contributed by atoms with E-state index in [1.807, 2.05) is 87.7 Å². The molecule has 0 saturated carbocycles. The van der Waals surface area contributed by atoms with Crippen molar-refractivity contribution in [1.29, 1.82) is 0 Å². The SMILES string of the molecule is C=CC(C)(C)[C@@H](NC(=O)c1ccccc1C1CCN(C(=O)OC(C)(C)C)C1)c1nc(-c2cc(F)ccc2F)cn1Cc1ccccc1. The van der Waals surface area contributed by atoms with Crippen LogP contribution in [-0.4, -0.2) is 45.1 Å². The lowest BCUT2D eigenvalue weighted by Crippen LogP contribution is -2.39. The molecule has 246 valence electrons. The molecule has 3 aromatic carbocycles. The molecule has 1 aromatic heterocycles. The van der Waals surface area contributed by atoms with Crippen molar-refractivity contribution in [1.82, 2.24) is 19.8 Å². The van der Waals surface area contributed by atoms with Gasteiger partial charge >= 0.3 is 6.09 Å². The number of carbonyl (C=O) groups is 2. The maximum atomic E-state index is 15.0. The highest BCUT2D eigenvalue weighted by Crippen LogP contribution is 2.37. The van der Waals surface area contributed by atoms with E-state index in [0.29, 0.717) is 37.4 Å². The zero-order valence-electron chi connectivity index (χ0n) is 27.6. The summed E-state index contributed by atoms with van der Waals surface area (Å²) in [5.41, 5.74) is 1.27. The topological polar surface area (TPSA) is 76.5 Å². The number of aromatic nitrogens is 2. The molecule has 1 aliphatic heterocycles. The molecule has 0 radical (unpaired) electrons. The van der Waals surface area contributed by atoms with E-state index in [1.54, 1.807) is 23.2 Å². The molecular formula is C38H42F2N4O3. The second-order valence-electron chi connectivity index (χ2n) is 13.7. The van der Waals surface area contributed by atoms with E-state index in [4.69, 9.17) is 9.72 Å². The molecule has 1 fully saturated rings. The molecular weight excluding hydrogens is 598 g/mol. The predicted octanol–water partition coefficient (Wildman–Crippen LogP) is 8.28. The number of nitrogens with one attached hydrogen (secondary N) is 1. The standard InChI is InChI=1S/C38H42F2N4O3/c1-7-38(5,6)33(34-41-32(30-21-27(39)17-18-31(30)40)24-44(34)22-25-13-9-8-10-14-25)42-35(45)29-16-12-11-15-28(29)26-19-20-43(23-26)36(46)47-37(2,3)4/h7-18,21,24,26,33H,1,19-20,22-23H2,2-6H3,(H,42,45)/t26?,33-/m0/s1. The Kier molecular flexibility index (Phi) is 9.65. The highest BCUT2D eigenvalue weighted by Gasteiger charge is 2.36. The minimum absolute atomic E-state index is 0.0284. The summed E-state index contributed by atoms with van der Waals surface area (Å²) in [4.78, 5) is 33.5. The molecule has 0 spiro atoms. The summed E-state index contributed by atoms with van der Waals surface area (Å²) >= 11 is 0. The first kappa shape index (κ1) is 33.6. The second-order valence-corrected chi connectivity index (χ2v) is 13.7. The fraction of sp³-hybridized carbons (Fsp3) is 0.342. The monoisotopic (exact) mass is 640 g/mol. The molecule has 5 rings (SSSR count). The number of rotatable bonds is 9. The summed E-state index contributed by atoms with van der Waals surface area (Å²) in [6.07, 6.45) is 3.76. The molecule has 47 heavy (non-hydrogen) atoms. The Balaban J connectivity index is 1.50. The van der Waals surface area contributed by atoms with Gasteiger partial charge < -0.3 is 19.5 Å². The molecule has 1 aliphatic rings. The molecule has 2 atom stereocenters. The minimum atomic E-state index is -0.705. The van der Waals surface area contributed by atoms with Gasteiger partial charge in [0.05, 0.1) is 11.7 Å². The number of halogens is 2. The first-order chi connectivity index (χ1) is 22.3. The average Bonchev–Trinajstić information content (AvgIpc) is 3.69. The quantitative estimate of drug-likeness (QED) is 0.187. The largest absolute Gasteiger partial charge is 0.444 e. The van der Waals surface area contributed by atoms with E-state index < -0.39 is 28.7 Å². The third-order valence-corrected chi connectivity index (χ3v) is 8.50. The number of benzene rings is 3. The minimum Gasteiger partial charge on any atom is -0.444 e.